The van der Waals surface area contributed by atoms with E-state index in [9.17, 15) is 4.79 Å². The second-order valence-corrected chi connectivity index (χ2v) is 8.02. The minimum Gasteiger partial charge on any atom is -0.421 e. The average Bonchev–Trinajstić information content (AvgIpc) is 3.57. The Balaban J connectivity index is 1.19. The first-order valence-corrected chi connectivity index (χ1v) is 11.4. The first-order chi connectivity index (χ1) is 17.3. The molecule has 0 fully saturated rings. The highest BCUT2D eigenvalue weighted by molar-refractivity contribution is 5.76. The Morgan fingerprint density at radius 3 is 2.40 bits per heavy atom. The fourth-order valence-electron chi connectivity index (χ4n) is 3.74. The van der Waals surface area contributed by atoms with Gasteiger partial charge in [-0.05, 0) is 42.8 Å². The predicted octanol–water partition coefficient (Wildman–Crippen LogP) is 4.62. The Bertz CT molecular complexity index is 1380. The van der Waals surface area contributed by atoms with Crippen molar-refractivity contribution < 1.29 is 9.21 Å². The summed E-state index contributed by atoms with van der Waals surface area (Å²) in [6.07, 6.45) is 6.94. The second kappa shape index (κ2) is 10.6. The minimum absolute atomic E-state index is 0.0408. The van der Waals surface area contributed by atoms with Gasteiger partial charge in [0.1, 0.15) is 0 Å². The number of benzene rings is 2. The third-order valence-corrected chi connectivity index (χ3v) is 5.52. The summed E-state index contributed by atoms with van der Waals surface area (Å²) < 4.78 is 7.55. The molecule has 5 rings (SSSR count). The van der Waals surface area contributed by atoms with Crippen LogP contribution in [0.25, 0.3) is 28.4 Å². The second-order valence-electron chi connectivity index (χ2n) is 8.02. The lowest BCUT2D eigenvalue weighted by Gasteiger charge is -2.05. The van der Waals surface area contributed by atoms with Gasteiger partial charge in [0.05, 0.1) is 11.4 Å². The van der Waals surface area contributed by atoms with Gasteiger partial charge in [-0.15, -0.1) is 10.2 Å². The Kier molecular flexibility index (Phi) is 6.70. The zero-order valence-electron chi connectivity index (χ0n) is 19.0. The van der Waals surface area contributed by atoms with E-state index in [2.05, 4.69) is 20.5 Å². The van der Waals surface area contributed by atoms with Gasteiger partial charge < -0.3 is 9.73 Å². The minimum atomic E-state index is -0.0408. The lowest BCUT2D eigenvalue weighted by molar-refractivity contribution is -0.121. The molecule has 3 heterocycles. The van der Waals surface area contributed by atoms with Crippen molar-refractivity contribution in [3.63, 3.8) is 0 Å². The summed E-state index contributed by atoms with van der Waals surface area (Å²) in [5, 5.41) is 16.0. The van der Waals surface area contributed by atoms with Gasteiger partial charge in [-0.3, -0.25) is 9.78 Å². The number of hydrogen-bond donors (Lipinski definition) is 1. The Morgan fingerprint density at radius 2 is 1.63 bits per heavy atom. The quantitative estimate of drug-likeness (QED) is 0.342. The van der Waals surface area contributed by atoms with Crippen LogP contribution in [0, 0.1) is 0 Å². The third-order valence-electron chi connectivity index (χ3n) is 5.52. The van der Waals surface area contributed by atoms with E-state index >= 15 is 0 Å². The highest BCUT2D eigenvalue weighted by atomic mass is 16.4. The van der Waals surface area contributed by atoms with Gasteiger partial charge in [0.2, 0.25) is 17.7 Å². The van der Waals surface area contributed by atoms with Gasteiger partial charge in [-0.2, -0.15) is 5.10 Å². The van der Waals surface area contributed by atoms with Crippen molar-refractivity contribution in [1.29, 1.82) is 0 Å². The van der Waals surface area contributed by atoms with E-state index in [-0.39, 0.29) is 5.91 Å². The lowest BCUT2D eigenvalue weighted by Crippen LogP contribution is -2.22. The van der Waals surface area contributed by atoms with Crippen LogP contribution in [0.5, 0.6) is 0 Å². The number of carbonyl (C=O) groups is 1. The number of rotatable bonds is 9. The molecule has 0 bridgehead atoms. The molecule has 0 radical (unpaired) electrons. The van der Waals surface area contributed by atoms with Crippen LogP contribution in [-0.2, 0) is 17.8 Å². The van der Waals surface area contributed by atoms with Gasteiger partial charge in [0, 0.05) is 54.7 Å². The van der Waals surface area contributed by atoms with Crippen molar-refractivity contribution in [3.8, 4) is 28.4 Å². The summed E-state index contributed by atoms with van der Waals surface area (Å²) in [5.74, 6) is 0.978. The van der Waals surface area contributed by atoms with Crippen molar-refractivity contribution in [2.24, 2.45) is 0 Å². The molecule has 8 nitrogen and oxygen atoms in total. The van der Waals surface area contributed by atoms with Crippen LogP contribution in [0.15, 0.2) is 95.8 Å². The van der Waals surface area contributed by atoms with Crippen LogP contribution >= 0.6 is 0 Å². The molecule has 0 aliphatic heterocycles. The first-order valence-electron chi connectivity index (χ1n) is 11.4. The molecule has 2 aromatic carbocycles. The number of nitrogens with one attached hydrogen (secondary N) is 1. The monoisotopic (exact) mass is 464 g/mol. The van der Waals surface area contributed by atoms with Crippen molar-refractivity contribution in [1.82, 2.24) is 30.3 Å². The lowest BCUT2D eigenvalue weighted by atomic mass is 10.1. The molecule has 0 spiro atoms. The molecule has 3 aromatic heterocycles. The molecule has 0 saturated heterocycles. The summed E-state index contributed by atoms with van der Waals surface area (Å²) >= 11 is 0. The van der Waals surface area contributed by atoms with E-state index in [0.29, 0.717) is 37.6 Å². The smallest absolute Gasteiger partial charge is 0.247 e. The molecular weight excluding hydrogens is 440 g/mol. The van der Waals surface area contributed by atoms with Crippen molar-refractivity contribution in [2.75, 3.05) is 0 Å². The molecule has 0 unspecified atom stereocenters. The number of hydrogen-bond acceptors (Lipinski definition) is 6. The molecule has 1 amide bonds. The number of pyridine rings is 1. The normalized spacial score (nSPS) is 10.9. The maximum Gasteiger partial charge on any atom is 0.247 e. The topological polar surface area (TPSA) is 98.7 Å². The number of carbonyl (C=O) groups excluding carboxylic acids is 1. The van der Waals surface area contributed by atoms with Crippen LogP contribution in [-0.4, -0.2) is 30.9 Å². The Morgan fingerprint density at radius 1 is 0.886 bits per heavy atom. The van der Waals surface area contributed by atoms with E-state index in [1.807, 2.05) is 83.7 Å². The number of nitrogens with zero attached hydrogens (tertiary/aromatic N) is 5. The molecule has 174 valence electrons. The number of aryl methyl sites for hydroxylation is 1. The summed E-state index contributed by atoms with van der Waals surface area (Å²) in [6.45, 7) is 0.377. The Hall–Kier alpha value is -4.59. The van der Waals surface area contributed by atoms with Crippen LogP contribution < -0.4 is 5.32 Å². The summed E-state index contributed by atoms with van der Waals surface area (Å²) in [5.41, 5.74) is 4.53. The van der Waals surface area contributed by atoms with Gasteiger partial charge in [-0.25, -0.2) is 4.68 Å². The highest BCUT2D eigenvalue weighted by Gasteiger charge is 2.14. The standard InChI is InChI=1S/C27H24N6O2/c34-24(12-7-13-25-30-31-27(35-25)21-8-3-1-4-9-21)29-18-22-19-33(23-10-5-2-6-11-23)32-26(22)20-14-16-28-17-15-20/h1-6,8-11,14-17,19H,7,12-13,18H2,(H,29,34). The molecule has 0 aliphatic rings. The zero-order chi connectivity index (χ0) is 23.9. The largest absolute Gasteiger partial charge is 0.421 e. The number of amides is 1. The third kappa shape index (κ3) is 5.50. The van der Waals surface area contributed by atoms with Gasteiger partial charge in [-0.1, -0.05) is 36.4 Å². The molecular formula is C27H24N6O2. The van der Waals surface area contributed by atoms with Gasteiger partial charge in [0.25, 0.3) is 0 Å². The number of aromatic nitrogens is 5. The van der Waals surface area contributed by atoms with E-state index in [1.165, 1.54) is 0 Å². The SMILES string of the molecule is O=C(CCCc1nnc(-c2ccccc2)o1)NCc1cn(-c2ccccc2)nc1-c1ccncc1. The van der Waals surface area contributed by atoms with Crippen LogP contribution in [0.1, 0.15) is 24.3 Å². The maximum absolute atomic E-state index is 12.5. The Labute approximate surface area is 202 Å². The molecule has 0 saturated carbocycles. The molecule has 5 aromatic rings. The van der Waals surface area contributed by atoms with Crippen molar-refractivity contribution in [3.05, 3.63) is 103 Å². The average molecular weight is 465 g/mol. The molecule has 0 aliphatic carbocycles. The molecule has 1 N–H and O–H groups in total. The van der Waals surface area contributed by atoms with E-state index < -0.39 is 0 Å². The van der Waals surface area contributed by atoms with Gasteiger partial charge >= 0.3 is 0 Å². The van der Waals surface area contributed by atoms with E-state index in [4.69, 9.17) is 9.52 Å². The van der Waals surface area contributed by atoms with Crippen LogP contribution in [0.4, 0.5) is 0 Å². The zero-order valence-corrected chi connectivity index (χ0v) is 19.0. The van der Waals surface area contributed by atoms with E-state index in [0.717, 1.165) is 28.1 Å². The molecule has 0 atom stereocenters. The summed E-state index contributed by atoms with van der Waals surface area (Å²) in [7, 11) is 0. The summed E-state index contributed by atoms with van der Waals surface area (Å²) in [4.78, 5) is 16.6. The fraction of sp³-hybridized carbons (Fsp3) is 0.148. The molecule has 8 heteroatoms. The van der Waals surface area contributed by atoms with Crippen molar-refractivity contribution in [2.45, 2.75) is 25.8 Å². The predicted molar refractivity (Wildman–Crippen MR) is 131 cm³/mol. The first kappa shape index (κ1) is 22.2. The number of para-hydroxylation sites is 1. The van der Waals surface area contributed by atoms with Crippen LogP contribution in [0.2, 0.25) is 0 Å². The maximum atomic E-state index is 12.5. The van der Waals surface area contributed by atoms with Gasteiger partial charge in [0.15, 0.2) is 0 Å². The van der Waals surface area contributed by atoms with Crippen molar-refractivity contribution >= 4 is 5.91 Å². The van der Waals surface area contributed by atoms with Crippen LogP contribution in [0.3, 0.4) is 0 Å². The fourth-order valence-corrected chi connectivity index (χ4v) is 3.74. The summed E-state index contributed by atoms with van der Waals surface area (Å²) in [6, 6.07) is 23.3. The highest BCUT2D eigenvalue weighted by Crippen LogP contribution is 2.23. The van der Waals surface area contributed by atoms with E-state index in [1.54, 1.807) is 12.4 Å². The molecule has 35 heavy (non-hydrogen) atoms.